The zero-order chi connectivity index (χ0) is 11.7. The fourth-order valence-corrected chi connectivity index (χ4v) is 2.94. The number of halogens is 1. The lowest BCUT2D eigenvalue weighted by Crippen LogP contribution is -2.14. The first-order valence-corrected chi connectivity index (χ1v) is 6.31. The van der Waals surface area contributed by atoms with Gasteiger partial charge in [0.1, 0.15) is 0 Å². The minimum Gasteiger partial charge on any atom is -0.323 e. The van der Waals surface area contributed by atoms with E-state index in [-0.39, 0.29) is 6.04 Å². The van der Waals surface area contributed by atoms with Crippen molar-refractivity contribution in [2.75, 3.05) is 0 Å². The van der Waals surface area contributed by atoms with Gasteiger partial charge in [-0.3, -0.25) is 4.68 Å². The van der Waals surface area contributed by atoms with E-state index in [0.717, 1.165) is 27.7 Å². The molecule has 0 saturated carbocycles. The van der Waals surface area contributed by atoms with Gasteiger partial charge in [0.25, 0.3) is 0 Å². The third-order valence-corrected chi connectivity index (χ3v) is 4.00. The molecule has 0 saturated heterocycles. The fourth-order valence-electron chi connectivity index (χ4n) is 1.74. The average molecular weight is 256 g/mol. The summed E-state index contributed by atoms with van der Waals surface area (Å²) in [5.41, 5.74) is 8.28. The molecule has 0 fully saturated rings. The lowest BCUT2D eigenvalue weighted by Gasteiger charge is -2.10. The zero-order valence-electron chi connectivity index (χ0n) is 9.27. The molecule has 1 unspecified atom stereocenters. The first kappa shape index (κ1) is 11.6. The molecule has 5 heteroatoms. The molecule has 2 rings (SSSR count). The van der Waals surface area contributed by atoms with Crippen LogP contribution in [0.4, 0.5) is 0 Å². The van der Waals surface area contributed by atoms with Gasteiger partial charge in [0, 0.05) is 30.1 Å². The molecular formula is C11H14ClN3S. The van der Waals surface area contributed by atoms with Crippen molar-refractivity contribution in [1.29, 1.82) is 0 Å². The highest BCUT2D eigenvalue weighted by Gasteiger charge is 2.14. The monoisotopic (exact) mass is 255 g/mol. The second-order valence-corrected chi connectivity index (χ2v) is 5.20. The van der Waals surface area contributed by atoms with Crippen LogP contribution in [0.25, 0.3) is 0 Å². The van der Waals surface area contributed by atoms with Crippen molar-refractivity contribution in [3.63, 3.8) is 0 Å². The quantitative estimate of drug-likeness (QED) is 0.917. The van der Waals surface area contributed by atoms with Gasteiger partial charge in [0.2, 0.25) is 0 Å². The summed E-state index contributed by atoms with van der Waals surface area (Å²) in [4.78, 5) is 1.04. The smallest absolute Gasteiger partial charge is 0.0596 e. The van der Waals surface area contributed by atoms with Crippen molar-refractivity contribution in [3.05, 3.63) is 38.8 Å². The Kier molecular flexibility index (Phi) is 3.33. The van der Waals surface area contributed by atoms with Crippen molar-refractivity contribution < 1.29 is 0 Å². The molecule has 0 aliphatic carbocycles. The third-order valence-electron chi connectivity index (χ3n) is 2.51. The SMILES string of the molecule is Cc1cc(CC(N)c2sccc2Cl)n(C)n1. The van der Waals surface area contributed by atoms with Gasteiger partial charge in [-0.05, 0) is 24.4 Å². The van der Waals surface area contributed by atoms with Crippen LogP contribution in [0.2, 0.25) is 5.02 Å². The Balaban J connectivity index is 2.16. The summed E-state index contributed by atoms with van der Waals surface area (Å²) in [6.07, 6.45) is 0.761. The van der Waals surface area contributed by atoms with E-state index < -0.39 is 0 Å². The van der Waals surface area contributed by atoms with Crippen LogP contribution in [0, 0.1) is 6.92 Å². The molecule has 0 spiro atoms. The summed E-state index contributed by atoms with van der Waals surface area (Å²) >= 11 is 7.66. The number of nitrogens with zero attached hydrogens (tertiary/aromatic N) is 2. The average Bonchev–Trinajstić information content (AvgIpc) is 2.74. The normalized spacial score (nSPS) is 13.0. The zero-order valence-corrected chi connectivity index (χ0v) is 10.8. The van der Waals surface area contributed by atoms with E-state index in [9.17, 15) is 0 Å². The van der Waals surface area contributed by atoms with Crippen LogP contribution >= 0.6 is 22.9 Å². The Morgan fingerprint density at radius 1 is 1.62 bits per heavy atom. The Labute approximate surface area is 104 Å². The third kappa shape index (κ3) is 2.29. The Bertz CT molecular complexity index is 489. The molecule has 2 heterocycles. The van der Waals surface area contributed by atoms with Gasteiger partial charge < -0.3 is 5.73 Å². The first-order chi connectivity index (χ1) is 7.58. The van der Waals surface area contributed by atoms with Crippen molar-refractivity contribution in [3.8, 4) is 0 Å². The molecule has 0 aromatic carbocycles. The summed E-state index contributed by atoms with van der Waals surface area (Å²) in [5.74, 6) is 0. The maximum absolute atomic E-state index is 6.14. The van der Waals surface area contributed by atoms with Crippen LogP contribution in [0.5, 0.6) is 0 Å². The molecule has 2 N–H and O–H groups in total. The van der Waals surface area contributed by atoms with Crippen LogP contribution < -0.4 is 5.73 Å². The second kappa shape index (κ2) is 4.57. The van der Waals surface area contributed by atoms with Gasteiger partial charge in [-0.15, -0.1) is 11.3 Å². The lowest BCUT2D eigenvalue weighted by molar-refractivity contribution is 0.646. The number of hydrogen-bond acceptors (Lipinski definition) is 3. The van der Waals surface area contributed by atoms with E-state index in [1.807, 2.05) is 30.1 Å². The number of nitrogens with two attached hydrogens (primary N) is 1. The van der Waals surface area contributed by atoms with Crippen LogP contribution in [-0.4, -0.2) is 9.78 Å². The maximum Gasteiger partial charge on any atom is 0.0596 e. The van der Waals surface area contributed by atoms with E-state index in [0.29, 0.717) is 0 Å². The highest BCUT2D eigenvalue weighted by Crippen LogP contribution is 2.29. The van der Waals surface area contributed by atoms with Crippen molar-refractivity contribution in [1.82, 2.24) is 9.78 Å². The Hall–Kier alpha value is -0.840. The predicted octanol–water partition coefficient (Wildman–Crippen LogP) is 2.69. The minimum absolute atomic E-state index is 0.0534. The second-order valence-electron chi connectivity index (χ2n) is 3.84. The summed E-state index contributed by atoms with van der Waals surface area (Å²) in [6.45, 7) is 1.98. The number of thiophene rings is 1. The topological polar surface area (TPSA) is 43.8 Å². The molecule has 0 radical (unpaired) electrons. The van der Waals surface area contributed by atoms with Crippen molar-refractivity contribution in [2.24, 2.45) is 12.8 Å². The molecule has 2 aromatic rings. The molecule has 1 atom stereocenters. The van der Waals surface area contributed by atoms with E-state index in [1.165, 1.54) is 0 Å². The fraction of sp³-hybridized carbons (Fsp3) is 0.364. The van der Waals surface area contributed by atoms with Gasteiger partial charge in [0.15, 0.2) is 0 Å². The van der Waals surface area contributed by atoms with E-state index in [4.69, 9.17) is 17.3 Å². The molecule has 3 nitrogen and oxygen atoms in total. The van der Waals surface area contributed by atoms with Crippen LogP contribution in [0.1, 0.15) is 22.3 Å². The standard InChI is InChI=1S/C11H14ClN3S/c1-7-5-8(15(2)14-7)6-10(13)11-9(12)3-4-16-11/h3-5,10H,6,13H2,1-2H3. The van der Waals surface area contributed by atoms with Crippen LogP contribution in [-0.2, 0) is 13.5 Å². The molecule has 2 aromatic heterocycles. The molecular weight excluding hydrogens is 242 g/mol. The number of aryl methyl sites for hydroxylation is 2. The van der Waals surface area contributed by atoms with E-state index >= 15 is 0 Å². The first-order valence-electron chi connectivity index (χ1n) is 5.06. The minimum atomic E-state index is -0.0534. The number of rotatable bonds is 3. The highest BCUT2D eigenvalue weighted by atomic mass is 35.5. The molecule has 86 valence electrons. The molecule has 0 aliphatic heterocycles. The summed E-state index contributed by atoms with van der Waals surface area (Å²) < 4.78 is 1.87. The maximum atomic E-state index is 6.14. The number of hydrogen-bond donors (Lipinski definition) is 1. The van der Waals surface area contributed by atoms with Gasteiger partial charge in [-0.25, -0.2) is 0 Å². The van der Waals surface area contributed by atoms with Gasteiger partial charge in [-0.2, -0.15) is 5.10 Å². The van der Waals surface area contributed by atoms with Crippen molar-refractivity contribution >= 4 is 22.9 Å². The Morgan fingerprint density at radius 2 is 2.38 bits per heavy atom. The molecule has 0 bridgehead atoms. The Morgan fingerprint density at radius 3 is 2.88 bits per heavy atom. The van der Waals surface area contributed by atoms with E-state index in [1.54, 1.807) is 11.3 Å². The van der Waals surface area contributed by atoms with Crippen LogP contribution in [0.3, 0.4) is 0 Å². The van der Waals surface area contributed by atoms with Gasteiger partial charge in [-0.1, -0.05) is 11.6 Å². The van der Waals surface area contributed by atoms with Crippen LogP contribution in [0.15, 0.2) is 17.5 Å². The largest absolute Gasteiger partial charge is 0.323 e. The lowest BCUT2D eigenvalue weighted by atomic mass is 10.1. The summed E-state index contributed by atoms with van der Waals surface area (Å²) in [7, 11) is 1.94. The summed E-state index contributed by atoms with van der Waals surface area (Å²) in [6, 6.07) is 3.89. The van der Waals surface area contributed by atoms with Gasteiger partial charge >= 0.3 is 0 Å². The highest BCUT2D eigenvalue weighted by molar-refractivity contribution is 7.10. The molecule has 0 aliphatic rings. The summed E-state index contributed by atoms with van der Waals surface area (Å²) in [5, 5.41) is 7.02. The van der Waals surface area contributed by atoms with Crippen molar-refractivity contribution in [2.45, 2.75) is 19.4 Å². The van der Waals surface area contributed by atoms with Gasteiger partial charge in [0.05, 0.1) is 10.7 Å². The molecule has 16 heavy (non-hydrogen) atoms. The molecule has 0 amide bonds. The number of aromatic nitrogens is 2. The predicted molar refractivity (Wildman–Crippen MR) is 67.9 cm³/mol. The van der Waals surface area contributed by atoms with E-state index in [2.05, 4.69) is 11.2 Å².